The average molecular weight is 528 g/mol. The largest absolute Gasteiger partial charge is 0.497 e. The van der Waals surface area contributed by atoms with E-state index >= 15 is 0 Å². The summed E-state index contributed by atoms with van der Waals surface area (Å²) in [5, 5.41) is 0.461. The first-order valence-corrected chi connectivity index (χ1v) is 13.4. The number of benzene rings is 3. The molecule has 0 fully saturated rings. The van der Waals surface area contributed by atoms with Crippen LogP contribution >= 0.6 is 0 Å². The minimum absolute atomic E-state index is 0.0797. The normalized spacial score (nSPS) is 14.5. The van der Waals surface area contributed by atoms with Crippen LogP contribution in [0.25, 0.3) is 11.0 Å². The van der Waals surface area contributed by atoms with Gasteiger partial charge in [0.15, 0.2) is 16.9 Å². The number of methoxy groups -OCH3 is 1. The van der Waals surface area contributed by atoms with E-state index in [2.05, 4.69) is 6.92 Å². The molecule has 1 amide bonds. The quantitative estimate of drug-likeness (QED) is 0.221. The third-order valence-corrected chi connectivity index (χ3v) is 6.97. The van der Waals surface area contributed by atoms with Crippen molar-refractivity contribution in [3.8, 4) is 17.2 Å². The summed E-state index contributed by atoms with van der Waals surface area (Å²) in [6, 6.07) is 17.9. The van der Waals surface area contributed by atoms with E-state index in [0.29, 0.717) is 41.2 Å². The van der Waals surface area contributed by atoms with Gasteiger partial charge in [0.2, 0.25) is 5.76 Å². The van der Waals surface area contributed by atoms with Crippen LogP contribution in [0.3, 0.4) is 0 Å². The number of hydrogen-bond donors (Lipinski definition) is 0. The van der Waals surface area contributed by atoms with E-state index in [0.717, 1.165) is 35.3 Å². The maximum Gasteiger partial charge on any atom is 0.291 e. The summed E-state index contributed by atoms with van der Waals surface area (Å²) in [5.74, 6) is 1.70. The Hall–Kier alpha value is -4.26. The van der Waals surface area contributed by atoms with Crippen LogP contribution in [0.15, 0.2) is 69.9 Å². The van der Waals surface area contributed by atoms with Crippen molar-refractivity contribution >= 4 is 16.9 Å². The van der Waals surface area contributed by atoms with Gasteiger partial charge in [-0.25, -0.2) is 0 Å². The number of unbranched alkanes of at least 4 members (excludes halogenated alkanes) is 1. The van der Waals surface area contributed by atoms with E-state index in [1.807, 2.05) is 68.4 Å². The van der Waals surface area contributed by atoms with E-state index in [4.69, 9.17) is 18.6 Å². The molecule has 1 aliphatic rings. The van der Waals surface area contributed by atoms with Crippen molar-refractivity contribution in [2.24, 2.45) is 0 Å². The van der Waals surface area contributed by atoms with Crippen LogP contribution in [0.2, 0.25) is 0 Å². The molecule has 7 heteroatoms. The van der Waals surface area contributed by atoms with Crippen molar-refractivity contribution in [1.29, 1.82) is 0 Å². The Bertz CT molecular complexity index is 1560. The molecule has 5 rings (SSSR count). The van der Waals surface area contributed by atoms with Crippen molar-refractivity contribution in [3.05, 3.63) is 98.9 Å². The predicted octanol–water partition coefficient (Wildman–Crippen LogP) is 6.43. The van der Waals surface area contributed by atoms with Gasteiger partial charge in [-0.05, 0) is 67.8 Å². The Morgan fingerprint density at radius 3 is 2.44 bits per heavy atom. The standard InChI is InChI=1S/C32H33NO6/c1-5-7-16-38-26-15-11-22(18-27(26)37-6-2)29-28-30(34)24-17-20(3)8-14-25(24)39-31(28)32(35)33(29)19-21-9-12-23(36-4)13-10-21/h8-15,17-18,29H,5-7,16,19H2,1-4H3. The maximum atomic E-state index is 13.9. The smallest absolute Gasteiger partial charge is 0.291 e. The number of aryl methyl sites for hydroxylation is 1. The Kier molecular flexibility index (Phi) is 7.59. The molecule has 0 aliphatic carbocycles. The highest BCUT2D eigenvalue weighted by Gasteiger charge is 2.43. The fourth-order valence-electron chi connectivity index (χ4n) is 4.98. The van der Waals surface area contributed by atoms with Gasteiger partial charge in [0, 0.05) is 6.54 Å². The van der Waals surface area contributed by atoms with Crippen LogP contribution in [-0.4, -0.2) is 31.1 Å². The molecule has 0 saturated heterocycles. The Balaban J connectivity index is 1.65. The summed E-state index contributed by atoms with van der Waals surface area (Å²) in [6.45, 7) is 7.27. The predicted molar refractivity (Wildman–Crippen MR) is 150 cm³/mol. The Morgan fingerprint density at radius 2 is 1.72 bits per heavy atom. The Labute approximate surface area is 227 Å². The third kappa shape index (κ3) is 5.09. The number of amides is 1. The molecule has 4 aromatic rings. The lowest BCUT2D eigenvalue weighted by Gasteiger charge is -2.26. The SMILES string of the molecule is CCCCOc1ccc(C2c3c(oc4ccc(C)cc4c3=O)C(=O)N2Cc2ccc(OC)cc2)cc1OCC. The highest BCUT2D eigenvalue weighted by atomic mass is 16.5. The third-order valence-electron chi connectivity index (χ3n) is 6.97. The summed E-state index contributed by atoms with van der Waals surface area (Å²) in [4.78, 5) is 29.4. The first kappa shape index (κ1) is 26.4. The maximum absolute atomic E-state index is 13.9. The van der Waals surface area contributed by atoms with Gasteiger partial charge in [0.1, 0.15) is 11.3 Å². The molecule has 7 nitrogen and oxygen atoms in total. The lowest BCUT2D eigenvalue weighted by molar-refractivity contribution is 0.0714. The summed E-state index contributed by atoms with van der Waals surface area (Å²) < 4.78 is 23.3. The zero-order valence-corrected chi connectivity index (χ0v) is 22.8. The van der Waals surface area contributed by atoms with Gasteiger partial charge in [-0.2, -0.15) is 0 Å². The minimum atomic E-state index is -0.653. The molecule has 0 saturated carbocycles. The van der Waals surface area contributed by atoms with Crippen LogP contribution < -0.4 is 19.6 Å². The van der Waals surface area contributed by atoms with Gasteiger partial charge in [0.25, 0.3) is 5.91 Å². The molecule has 0 spiro atoms. The highest BCUT2D eigenvalue weighted by Crippen LogP contribution is 2.42. The van der Waals surface area contributed by atoms with Gasteiger partial charge in [-0.1, -0.05) is 43.2 Å². The number of carbonyl (C=O) groups excluding carboxylic acids is 1. The van der Waals surface area contributed by atoms with Crippen molar-refractivity contribution in [3.63, 3.8) is 0 Å². The van der Waals surface area contributed by atoms with Crippen LogP contribution in [0.1, 0.15) is 65.5 Å². The van der Waals surface area contributed by atoms with Crippen LogP contribution in [0.5, 0.6) is 17.2 Å². The van der Waals surface area contributed by atoms with E-state index in [9.17, 15) is 9.59 Å². The van der Waals surface area contributed by atoms with Gasteiger partial charge in [-0.15, -0.1) is 0 Å². The van der Waals surface area contributed by atoms with E-state index in [1.165, 1.54) is 0 Å². The summed E-state index contributed by atoms with van der Waals surface area (Å²) in [6.07, 6.45) is 1.95. The molecule has 1 unspecified atom stereocenters. The molecular weight excluding hydrogens is 494 g/mol. The molecule has 202 valence electrons. The first-order valence-electron chi connectivity index (χ1n) is 13.4. The number of ether oxygens (including phenoxy) is 3. The molecule has 1 aromatic heterocycles. The first-order chi connectivity index (χ1) is 18.9. The molecule has 1 aliphatic heterocycles. The van der Waals surface area contributed by atoms with Crippen molar-refractivity contribution in [2.75, 3.05) is 20.3 Å². The molecule has 0 bridgehead atoms. The summed E-state index contributed by atoms with van der Waals surface area (Å²) >= 11 is 0. The molecule has 2 heterocycles. The second-order valence-corrected chi connectivity index (χ2v) is 9.70. The molecule has 3 aromatic carbocycles. The topological polar surface area (TPSA) is 78.2 Å². The zero-order valence-electron chi connectivity index (χ0n) is 22.8. The second kappa shape index (κ2) is 11.2. The molecular formula is C32H33NO6. The fourth-order valence-corrected chi connectivity index (χ4v) is 4.98. The fraction of sp³-hybridized carbons (Fsp3) is 0.312. The number of nitrogens with zero attached hydrogens (tertiary/aromatic N) is 1. The second-order valence-electron chi connectivity index (χ2n) is 9.70. The Morgan fingerprint density at radius 1 is 0.923 bits per heavy atom. The highest BCUT2D eigenvalue weighted by molar-refractivity contribution is 5.99. The van der Waals surface area contributed by atoms with Gasteiger partial charge in [-0.3, -0.25) is 9.59 Å². The van der Waals surface area contributed by atoms with Crippen molar-refractivity contribution < 1.29 is 23.4 Å². The van der Waals surface area contributed by atoms with Crippen LogP contribution in [-0.2, 0) is 6.54 Å². The van der Waals surface area contributed by atoms with E-state index in [1.54, 1.807) is 18.1 Å². The van der Waals surface area contributed by atoms with E-state index in [-0.39, 0.29) is 23.6 Å². The van der Waals surface area contributed by atoms with Gasteiger partial charge in [0.05, 0.1) is 37.3 Å². The monoisotopic (exact) mass is 527 g/mol. The number of rotatable bonds is 10. The van der Waals surface area contributed by atoms with Gasteiger partial charge < -0.3 is 23.5 Å². The summed E-state index contributed by atoms with van der Waals surface area (Å²) in [5.41, 5.74) is 3.14. The molecule has 39 heavy (non-hydrogen) atoms. The lowest BCUT2D eigenvalue weighted by Crippen LogP contribution is -2.29. The number of hydrogen-bond acceptors (Lipinski definition) is 6. The molecule has 0 radical (unpaired) electrons. The number of fused-ring (bicyclic) bond motifs is 2. The van der Waals surface area contributed by atoms with Crippen molar-refractivity contribution in [1.82, 2.24) is 4.90 Å². The number of carbonyl (C=O) groups is 1. The van der Waals surface area contributed by atoms with Crippen LogP contribution in [0, 0.1) is 6.92 Å². The van der Waals surface area contributed by atoms with Crippen LogP contribution in [0.4, 0.5) is 0 Å². The zero-order chi connectivity index (χ0) is 27.5. The summed E-state index contributed by atoms with van der Waals surface area (Å²) in [7, 11) is 1.61. The average Bonchev–Trinajstić information content (AvgIpc) is 3.22. The molecule has 0 N–H and O–H groups in total. The van der Waals surface area contributed by atoms with E-state index < -0.39 is 6.04 Å². The van der Waals surface area contributed by atoms with Gasteiger partial charge >= 0.3 is 0 Å². The minimum Gasteiger partial charge on any atom is -0.497 e. The molecule has 1 atom stereocenters. The lowest BCUT2D eigenvalue weighted by atomic mass is 9.97. The van der Waals surface area contributed by atoms with Crippen molar-refractivity contribution in [2.45, 2.75) is 46.2 Å².